The lowest BCUT2D eigenvalue weighted by atomic mass is 10.0. The number of pyridine rings is 1. The topological polar surface area (TPSA) is 104 Å². The minimum absolute atomic E-state index is 0.0908. The molecular formula is C24H32N4O4. The Morgan fingerprint density at radius 2 is 1.94 bits per heavy atom. The van der Waals surface area contributed by atoms with E-state index in [-0.39, 0.29) is 17.6 Å². The van der Waals surface area contributed by atoms with Crippen LogP contribution in [-0.4, -0.2) is 60.4 Å². The second kappa shape index (κ2) is 11.6. The summed E-state index contributed by atoms with van der Waals surface area (Å²) >= 11 is 0. The highest BCUT2D eigenvalue weighted by Gasteiger charge is 2.24. The Morgan fingerprint density at radius 1 is 1.22 bits per heavy atom. The van der Waals surface area contributed by atoms with Crippen molar-refractivity contribution in [3.05, 3.63) is 53.7 Å². The lowest BCUT2D eigenvalue weighted by molar-refractivity contribution is 0.0696. The van der Waals surface area contributed by atoms with Gasteiger partial charge in [-0.3, -0.25) is 4.79 Å². The molecule has 1 aliphatic heterocycles. The Hall–Kier alpha value is -2.97. The molecule has 2 heterocycles. The molecule has 3 N–H and O–H groups in total. The van der Waals surface area contributed by atoms with E-state index >= 15 is 0 Å². The van der Waals surface area contributed by atoms with Crippen LogP contribution in [0.25, 0.3) is 0 Å². The lowest BCUT2D eigenvalue weighted by Crippen LogP contribution is -2.43. The Morgan fingerprint density at radius 3 is 2.59 bits per heavy atom. The molecule has 1 aromatic heterocycles. The van der Waals surface area contributed by atoms with Gasteiger partial charge in [0.05, 0.1) is 18.0 Å². The molecule has 0 aliphatic carbocycles. The zero-order chi connectivity index (χ0) is 22.9. The first-order valence-electron chi connectivity index (χ1n) is 11.1. The Labute approximate surface area is 189 Å². The second-order valence-electron chi connectivity index (χ2n) is 8.21. The molecule has 1 aliphatic rings. The largest absolute Gasteiger partial charge is 0.478 e. The standard InChI is InChI=1S/C24H32N4O4/c1-17(2)32-14-6-11-25-19-9-12-28(13-10-19)22-21(24(30)31)15-20(16-26-22)27-23(29)18-7-4-3-5-8-18/h3-5,7-8,15-17,19,25H,6,9-14H2,1-2H3,(H,27,29)(H,30,31). The number of carboxylic acids is 1. The molecule has 3 rings (SSSR count). The van der Waals surface area contributed by atoms with Gasteiger partial charge in [-0.25, -0.2) is 9.78 Å². The average molecular weight is 441 g/mol. The number of nitrogens with one attached hydrogen (secondary N) is 2. The van der Waals surface area contributed by atoms with Crippen LogP contribution >= 0.6 is 0 Å². The van der Waals surface area contributed by atoms with Crippen LogP contribution in [0.15, 0.2) is 42.6 Å². The number of aromatic carboxylic acids is 1. The Balaban J connectivity index is 1.56. The van der Waals surface area contributed by atoms with E-state index in [9.17, 15) is 14.7 Å². The van der Waals surface area contributed by atoms with Crippen LogP contribution in [0.5, 0.6) is 0 Å². The molecule has 0 bridgehead atoms. The third-order valence-electron chi connectivity index (χ3n) is 5.39. The first kappa shape index (κ1) is 23.7. The molecular weight excluding hydrogens is 408 g/mol. The van der Waals surface area contributed by atoms with Crippen LogP contribution in [-0.2, 0) is 4.74 Å². The van der Waals surface area contributed by atoms with Crippen molar-refractivity contribution in [2.24, 2.45) is 0 Å². The maximum Gasteiger partial charge on any atom is 0.339 e. The molecule has 0 radical (unpaired) electrons. The van der Waals surface area contributed by atoms with Crippen molar-refractivity contribution in [2.45, 2.75) is 45.3 Å². The highest BCUT2D eigenvalue weighted by Crippen LogP contribution is 2.25. The van der Waals surface area contributed by atoms with E-state index in [1.54, 1.807) is 24.3 Å². The summed E-state index contributed by atoms with van der Waals surface area (Å²) in [6.45, 7) is 7.18. The summed E-state index contributed by atoms with van der Waals surface area (Å²) in [6.07, 6.45) is 4.57. The Bertz CT molecular complexity index is 896. The number of amides is 1. The number of anilines is 2. The van der Waals surface area contributed by atoms with Gasteiger partial charge in [-0.2, -0.15) is 0 Å². The predicted octanol–water partition coefficient (Wildman–Crippen LogP) is 3.41. The van der Waals surface area contributed by atoms with Gasteiger partial charge in [0, 0.05) is 31.3 Å². The molecule has 1 amide bonds. The van der Waals surface area contributed by atoms with Crippen LogP contribution in [0.1, 0.15) is 53.8 Å². The number of rotatable bonds is 10. The average Bonchev–Trinajstić information content (AvgIpc) is 2.79. The minimum Gasteiger partial charge on any atom is -0.478 e. The van der Waals surface area contributed by atoms with Crippen molar-refractivity contribution < 1.29 is 19.4 Å². The van der Waals surface area contributed by atoms with Crippen molar-refractivity contribution in [3.8, 4) is 0 Å². The molecule has 8 nitrogen and oxygen atoms in total. The van der Waals surface area contributed by atoms with Gasteiger partial charge in [-0.1, -0.05) is 18.2 Å². The second-order valence-corrected chi connectivity index (χ2v) is 8.21. The molecule has 0 unspecified atom stereocenters. The quantitative estimate of drug-likeness (QED) is 0.487. The van der Waals surface area contributed by atoms with E-state index in [0.717, 1.165) is 45.5 Å². The van der Waals surface area contributed by atoms with Gasteiger partial charge in [0.15, 0.2) is 0 Å². The fourth-order valence-corrected chi connectivity index (χ4v) is 3.72. The van der Waals surface area contributed by atoms with Gasteiger partial charge < -0.3 is 25.4 Å². The van der Waals surface area contributed by atoms with Crippen LogP contribution in [0.3, 0.4) is 0 Å². The summed E-state index contributed by atoms with van der Waals surface area (Å²) < 4.78 is 5.56. The number of aromatic nitrogens is 1. The summed E-state index contributed by atoms with van der Waals surface area (Å²) in [6, 6.07) is 10.7. The van der Waals surface area contributed by atoms with Crippen LogP contribution in [0.4, 0.5) is 11.5 Å². The molecule has 0 spiro atoms. The normalized spacial score (nSPS) is 14.5. The molecule has 0 atom stereocenters. The number of ether oxygens (including phenoxy) is 1. The van der Waals surface area contributed by atoms with Gasteiger partial charge in [0.2, 0.25) is 0 Å². The first-order chi connectivity index (χ1) is 15.4. The maximum absolute atomic E-state index is 12.4. The number of carboxylic acid groups (broad SMARTS) is 1. The molecule has 1 fully saturated rings. The van der Waals surface area contributed by atoms with Gasteiger partial charge in [0.1, 0.15) is 11.4 Å². The molecule has 32 heavy (non-hydrogen) atoms. The van der Waals surface area contributed by atoms with Crippen molar-refractivity contribution in [2.75, 3.05) is 36.5 Å². The minimum atomic E-state index is -1.06. The van der Waals surface area contributed by atoms with Crippen LogP contribution in [0, 0.1) is 0 Å². The van der Waals surface area contributed by atoms with Crippen molar-refractivity contribution in [1.29, 1.82) is 0 Å². The Kier molecular flexibility index (Phi) is 8.58. The summed E-state index contributed by atoms with van der Waals surface area (Å²) in [5.74, 6) is -0.921. The highest BCUT2D eigenvalue weighted by molar-refractivity contribution is 6.05. The van der Waals surface area contributed by atoms with E-state index in [4.69, 9.17) is 4.74 Å². The predicted molar refractivity (Wildman–Crippen MR) is 125 cm³/mol. The molecule has 172 valence electrons. The van der Waals surface area contributed by atoms with Crippen molar-refractivity contribution >= 4 is 23.4 Å². The molecule has 1 aromatic carbocycles. The molecule has 1 saturated heterocycles. The van der Waals surface area contributed by atoms with E-state index < -0.39 is 5.97 Å². The number of carbonyl (C=O) groups is 2. The fourth-order valence-electron chi connectivity index (χ4n) is 3.72. The van der Waals surface area contributed by atoms with E-state index in [1.807, 2.05) is 24.8 Å². The van der Waals surface area contributed by atoms with E-state index in [2.05, 4.69) is 15.6 Å². The maximum atomic E-state index is 12.4. The fraction of sp³-hybridized carbons (Fsp3) is 0.458. The number of piperidine rings is 1. The van der Waals surface area contributed by atoms with Gasteiger partial charge >= 0.3 is 5.97 Å². The number of nitrogens with zero attached hydrogens (tertiary/aromatic N) is 2. The molecule has 2 aromatic rings. The zero-order valence-electron chi connectivity index (χ0n) is 18.7. The van der Waals surface area contributed by atoms with E-state index in [1.165, 1.54) is 12.3 Å². The highest BCUT2D eigenvalue weighted by atomic mass is 16.5. The summed E-state index contributed by atoms with van der Waals surface area (Å²) in [5.41, 5.74) is 0.951. The first-order valence-corrected chi connectivity index (χ1v) is 11.1. The summed E-state index contributed by atoms with van der Waals surface area (Å²) in [5, 5.41) is 16.0. The van der Waals surface area contributed by atoms with Gasteiger partial charge in [-0.05, 0) is 57.9 Å². The van der Waals surface area contributed by atoms with Crippen molar-refractivity contribution in [1.82, 2.24) is 10.3 Å². The number of hydrogen-bond acceptors (Lipinski definition) is 6. The lowest BCUT2D eigenvalue weighted by Gasteiger charge is -2.34. The zero-order valence-corrected chi connectivity index (χ0v) is 18.7. The summed E-state index contributed by atoms with van der Waals surface area (Å²) in [4.78, 5) is 30.6. The van der Waals surface area contributed by atoms with Crippen molar-refractivity contribution in [3.63, 3.8) is 0 Å². The third-order valence-corrected chi connectivity index (χ3v) is 5.39. The molecule has 0 saturated carbocycles. The smallest absolute Gasteiger partial charge is 0.339 e. The number of benzene rings is 1. The van der Waals surface area contributed by atoms with Gasteiger partial charge in [-0.15, -0.1) is 0 Å². The molecule has 8 heteroatoms. The van der Waals surface area contributed by atoms with Crippen LogP contribution < -0.4 is 15.5 Å². The summed E-state index contributed by atoms with van der Waals surface area (Å²) in [7, 11) is 0. The van der Waals surface area contributed by atoms with Crippen LogP contribution in [0.2, 0.25) is 0 Å². The van der Waals surface area contributed by atoms with E-state index in [0.29, 0.717) is 23.1 Å². The third kappa shape index (κ3) is 6.77. The monoisotopic (exact) mass is 440 g/mol. The number of carbonyl (C=O) groups excluding carboxylic acids is 1. The SMILES string of the molecule is CC(C)OCCCNC1CCN(c2ncc(NC(=O)c3ccccc3)cc2C(=O)O)CC1. The van der Waals surface area contributed by atoms with Gasteiger partial charge in [0.25, 0.3) is 5.91 Å². The number of hydrogen-bond donors (Lipinski definition) is 3.